The monoisotopic (exact) mass is 355 g/mol. The molecule has 1 aliphatic rings. The molecule has 1 aromatic heterocycles. The first-order valence-electron chi connectivity index (χ1n) is 10.1. The first kappa shape index (κ1) is 19.0. The van der Waals surface area contributed by atoms with Crippen LogP contribution in [-0.4, -0.2) is 40.5 Å². The number of piperidine rings is 1. The van der Waals surface area contributed by atoms with Gasteiger partial charge in [0.15, 0.2) is 0 Å². The van der Waals surface area contributed by atoms with Crippen LogP contribution >= 0.6 is 0 Å². The number of hydrogen-bond donors (Lipinski definition) is 1. The summed E-state index contributed by atoms with van der Waals surface area (Å²) in [7, 11) is 2.06. The van der Waals surface area contributed by atoms with Crippen LogP contribution in [0.4, 0.5) is 0 Å². The predicted molar refractivity (Wildman–Crippen MR) is 108 cm³/mol. The standard InChI is InChI=1S/C22H33N3O/c1-17-8-6-9-18(2)25(17)15-7-14-23-22(26)13-12-19-16-24(3)21-11-5-4-10-20(19)21/h4-5,10-11,16-18H,6-9,12-15H2,1-3H3,(H,23,26)/t17-,18+. The molecule has 142 valence electrons. The SMILES string of the molecule is C[C@@H]1CCC[C@H](C)N1CCCNC(=O)CCc1cn(C)c2ccccc12. The van der Waals surface area contributed by atoms with Crippen molar-refractivity contribution in [2.75, 3.05) is 13.1 Å². The second-order valence-corrected chi connectivity index (χ2v) is 7.85. The Morgan fingerprint density at radius 2 is 1.92 bits per heavy atom. The van der Waals surface area contributed by atoms with E-state index in [0.717, 1.165) is 25.9 Å². The highest BCUT2D eigenvalue weighted by Gasteiger charge is 2.23. The second kappa shape index (κ2) is 8.72. The minimum atomic E-state index is 0.165. The van der Waals surface area contributed by atoms with E-state index in [-0.39, 0.29) is 5.91 Å². The maximum absolute atomic E-state index is 12.2. The van der Waals surface area contributed by atoms with E-state index >= 15 is 0 Å². The summed E-state index contributed by atoms with van der Waals surface area (Å²) in [4.78, 5) is 14.8. The summed E-state index contributed by atoms with van der Waals surface area (Å²) in [5, 5.41) is 4.36. The second-order valence-electron chi connectivity index (χ2n) is 7.85. The number of nitrogens with one attached hydrogen (secondary N) is 1. The van der Waals surface area contributed by atoms with Gasteiger partial charge in [-0.3, -0.25) is 9.69 Å². The average molecular weight is 356 g/mol. The van der Waals surface area contributed by atoms with Crippen molar-refractivity contribution in [2.45, 2.75) is 64.5 Å². The number of para-hydroxylation sites is 1. The summed E-state index contributed by atoms with van der Waals surface area (Å²) < 4.78 is 2.14. The van der Waals surface area contributed by atoms with Crippen molar-refractivity contribution in [1.82, 2.24) is 14.8 Å². The molecule has 26 heavy (non-hydrogen) atoms. The van der Waals surface area contributed by atoms with Crippen molar-refractivity contribution in [3.8, 4) is 0 Å². The Morgan fingerprint density at radius 3 is 2.69 bits per heavy atom. The van der Waals surface area contributed by atoms with Crippen LogP contribution in [0, 0.1) is 0 Å². The molecule has 3 rings (SSSR count). The van der Waals surface area contributed by atoms with E-state index in [1.54, 1.807) is 0 Å². The van der Waals surface area contributed by atoms with Crippen molar-refractivity contribution in [1.29, 1.82) is 0 Å². The Bertz CT molecular complexity index is 726. The Morgan fingerprint density at radius 1 is 1.19 bits per heavy atom. The molecule has 0 aliphatic carbocycles. The van der Waals surface area contributed by atoms with Crippen molar-refractivity contribution >= 4 is 16.8 Å². The van der Waals surface area contributed by atoms with Crippen LogP contribution < -0.4 is 5.32 Å². The number of aromatic nitrogens is 1. The van der Waals surface area contributed by atoms with Gasteiger partial charge in [-0.2, -0.15) is 0 Å². The van der Waals surface area contributed by atoms with Crippen molar-refractivity contribution in [3.05, 3.63) is 36.0 Å². The van der Waals surface area contributed by atoms with Gasteiger partial charge in [0.2, 0.25) is 5.91 Å². The summed E-state index contributed by atoms with van der Waals surface area (Å²) in [6.45, 7) is 6.53. The van der Waals surface area contributed by atoms with Gasteiger partial charge in [0.05, 0.1) is 0 Å². The molecule has 2 aromatic rings. The first-order valence-corrected chi connectivity index (χ1v) is 10.1. The number of hydrogen-bond acceptors (Lipinski definition) is 2. The number of carbonyl (C=O) groups is 1. The molecule has 1 N–H and O–H groups in total. The van der Waals surface area contributed by atoms with E-state index < -0.39 is 0 Å². The number of carbonyl (C=O) groups excluding carboxylic acids is 1. The van der Waals surface area contributed by atoms with Gasteiger partial charge >= 0.3 is 0 Å². The molecule has 0 saturated carbocycles. The van der Waals surface area contributed by atoms with Gasteiger partial charge in [0, 0.05) is 55.7 Å². The molecule has 0 radical (unpaired) electrons. The number of rotatable bonds is 7. The van der Waals surface area contributed by atoms with E-state index in [0.29, 0.717) is 18.5 Å². The number of fused-ring (bicyclic) bond motifs is 1. The molecule has 1 saturated heterocycles. The van der Waals surface area contributed by atoms with Gasteiger partial charge in [-0.15, -0.1) is 0 Å². The maximum Gasteiger partial charge on any atom is 0.220 e. The third-order valence-corrected chi connectivity index (χ3v) is 5.89. The lowest BCUT2D eigenvalue weighted by molar-refractivity contribution is -0.121. The predicted octanol–water partition coefficient (Wildman–Crippen LogP) is 3.88. The molecule has 0 spiro atoms. The zero-order valence-electron chi connectivity index (χ0n) is 16.5. The number of likely N-dealkylation sites (tertiary alicyclic amines) is 1. The minimum Gasteiger partial charge on any atom is -0.356 e. The topological polar surface area (TPSA) is 37.3 Å². The maximum atomic E-state index is 12.2. The molecule has 0 unspecified atom stereocenters. The van der Waals surface area contributed by atoms with E-state index in [1.807, 2.05) is 0 Å². The van der Waals surface area contributed by atoms with Gasteiger partial charge in [0.1, 0.15) is 0 Å². The molecule has 0 bridgehead atoms. The highest BCUT2D eigenvalue weighted by molar-refractivity contribution is 5.84. The molecule has 2 heterocycles. The summed E-state index contributed by atoms with van der Waals surface area (Å²) in [6.07, 6.45) is 8.51. The Labute approximate surface area is 157 Å². The summed E-state index contributed by atoms with van der Waals surface area (Å²) in [6, 6.07) is 9.75. The molecule has 2 atom stereocenters. The average Bonchev–Trinajstić information content (AvgIpc) is 2.95. The molecule has 4 nitrogen and oxygen atoms in total. The van der Waals surface area contributed by atoms with Crippen LogP contribution in [-0.2, 0) is 18.3 Å². The lowest BCUT2D eigenvalue weighted by Gasteiger charge is -2.39. The van der Waals surface area contributed by atoms with Gasteiger partial charge < -0.3 is 9.88 Å². The smallest absolute Gasteiger partial charge is 0.220 e. The van der Waals surface area contributed by atoms with Gasteiger partial charge in [0.25, 0.3) is 0 Å². The number of amides is 1. The van der Waals surface area contributed by atoms with Crippen LogP contribution in [0.5, 0.6) is 0 Å². The molecule has 1 fully saturated rings. The van der Waals surface area contributed by atoms with Crippen LogP contribution in [0.1, 0.15) is 51.5 Å². The van der Waals surface area contributed by atoms with E-state index in [9.17, 15) is 4.79 Å². The molecule has 4 heteroatoms. The highest BCUT2D eigenvalue weighted by Crippen LogP contribution is 2.23. The first-order chi connectivity index (χ1) is 12.6. The third kappa shape index (κ3) is 4.47. The van der Waals surface area contributed by atoms with Crippen LogP contribution in [0.2, 0.25) is 0 Å². The third-order valence-electron chi connectivity index (χ3n) is 5.89. The minimum absolute atomic E-state index is 0.165. The fourth-order valence-corrected chi connectivity index (χ4v) is 4.37. The fraction of sp³-hybridized carbons (Fsp3) is 0.591. The Balaban J connectivity index is 1.40. The summed E-state index contributed by atoms with van der Waals surface area (Å²) in [5.74, 6) is 0.165. The molecular formula is C22H33N3O. The van der Waals surface area contributed by atoms with Crippen molar-refractivity contribution in [2.24, 2.45) is 7.05 Å². The van der Waals surface area contributed by atoms with Gasteiger partial charge in [-0.1, -0.05) is 24.6 Å². The lowest BCUT2D eigenvalue weighted by Crippen LogP contribution is -2.44. The van der Waals surface area contributed by atoms with E-state index in [2.05, 4.69) is 66.1 Å². The largest absolute Gasteiger partial charge is 0.356 e. The lowest BCUT2D eigenvalue weighted by atomic mass is 9.97. The number of benzene rings is 1. The Hall–Kier alpha value is -1.81. The molecule has 1 aromatic carbocycles. The summed E-state index contributed by atoms with van der Waals surface area (Å²) in [5.41, 5.74) is 2.49. The normalized spacial score (nSPS) is 21.2. The zero-order chi connectivity index (χ0) is 18.5. The molecule has 1 aliphatic heterocycles. The van der Waals surface area contributed by atoms with E-state index in [1.165, 1.54) is 35.7 Å². The molecule has 1 amide bonds. The summed E-state index contributed by atoms with van der Waals surface area (Å²) >= 11 is 0. The van der Waals surface area contributed by atoms with Crippen LogP contribution in [0.25, 0.3) is 10.9 Å². The van der Waals surface area contributed by atoms with Gasteiger partial charge in [-0.25, -0.2) is 0 Å². The van der Waals surface area contributed by atoms with Crippen LogP contribution in [0.3, 0.4) is 0 Å². The Kier molecular flexibility index (Phi) is 6.36. The van der Waals surface area contributed by atoms with Crippen LogP contribution in [0.15, 0.2) is 30.5 Å². The van der Waals surface area contributed by atoms with E-state index in [4.69, 9.17) is 0 Å². The van der Waals surface area contributed by atoms with Crippen molar-refractivity contribution in [3.63, 3.8) is 0 Å². The number of nitrogens with zero attached hydrogens (tertiary/aromatic N) is 2. The zero-order valence-corrected chi connectivity index (χ0v) is 16.5. The quantitative estimate of drug-likeness (QED) is 0.765. The fourth-order valence-electron chi connectivity index (χ4n) is 4.37. The van der Waals surface area contributed by atoms with Crippen molar-refractivity contribution < 1.29 is 4.79 Å². The number of aryl methyl sites for hydroxylation is 2. The highest BCUT2D eigenvalue weighted by atomic mass is 16.1. The molecular weight excluding hydrogens is 322 g/mol. The van der Waals surface area contributed by atoms with Gasteiger partial charge in [-0.05, 0) is 51.2 Å².